The second kappa shape index (κ2) is 6.94. The molecule has 0 unspecified atom stereocenters. The van der Waals surface area contributed by atoms with Crippen molar-refractivity contribution in [1.82, 2.24) is 5.32 Å². The van der Waals surface area contributed by atoms with E-state index >= 15 is 0 Å². The van der Waals surface area contributed by atoms with E-state index in [1.165, 1.54) is 17.8 Å². The number of hydrogen-bond acceptors (Lipinski definition) is 2. The van der Waals surface area contributed by atoms with Crippen LogP contribution in [0.5, 0.6) is 0 Å². The second-order valence-electron chi connectivity index (χ2n) is 4.14. The summed E-state index contributed by atoms with van der Waals surface area (Å²) >= 11 is 7.59. The number of hydrogen-bond donors (Lipinski definition) is 1. The van der Waals surface area contributed by atoms with Crippen molar-refractivity contribution in [3.05, 3.63) is 64.4 Å². The Labute approximate surface area is 122 Å². The molecule has 100 valence electrons. The minimum atomic E-state index is -0.176. The van der Waals surface area contributed by atoms with Crippen LogP contribution in [0.3, 0.4) is 0 Å². The zero-order chi connectivity index (χ0) is 13.7. The van der Waals surface area contributed by atoms with E-state index in [2.05, 4.69) is 5.32 Å². The van der Waals surface area contributed by atoms with E-state index in [9.17, 15) is 4.39 Å². The SMILES string of the molecule is CNCc1cccc(F)c1SCc1ccccc1Cl. The molecular formula is C15H15ClFNS. The van der Waals surface area contributed by atoms with E-state index in [-0.39, 0.29) is 5.82 Å². The Morgan fingerprint density at radius 1 is 1.11 bits per heavy atom. The molecule has 2 aromatic rings. The van der Waals surface area contributed by atoms with Gasteiger partial charge >= 0.3 is 0 Å². The Morgan fingerprint density at radius 2 is 1.84 bits per heavy atom. The van der Waals surface area contributed by atoms with Crippen LogP contribution < -0.4 is 5.32 Å². The lowest BCUT2D eigenvalue weighted by Crippen LogP contribution is -2.07. The highest BCUT2D eigenvalue weighted by atomic mass is 35.5. The summed E-state index contributed by atoms with van der Waals surface area (Å²) in [5.41, 5.74) is 1.99. The molecule has 0 radical (unpaired) electrons. The lowest BCUT2D eigenvalue weighted by Gasteiger charge is -2.10. The molecule has 19 heavy (non-hydrogen) atoms. The molecule has 0 aliphatic carbocycles. The van der Waals surface area contributed by atoms with E-state index in [1.807, 2.05) is 37.4 Å². The van der Waals surface area contributed by atoms with Gasteiger partial charge in [-0.3, -0.25) is 0 Å². The lowest BCUT2D eigenvalue weighted by molar-refractivity contribution is 0.594. The summed E-state index contributed by atoms with van der Waals surface area (Å²) < 4.78 is 13.9. The third kappa shape index (κ3) is 3.72. The van der Waals surface area contributed by atoms with Gasteiger partial charge in [0.2, 0.25) is 0 Å². The summed E-state index contributed by atoms with van der Waals surface area (Å²) in [6.45, 7) is 0.655. The lowest BCUT2D eigenvalue weighted by atomic mass is 10.2. The van der Waals surface area contributed by atoms with Crippen LogP contribution in [0.2, 0.25) is 5.02 Å². The molecule has 0 fully saturated rings. The number of rotatable bonds is 5. The van der Waals surface area contributed by atoms with Gasteiger partial charge in [0.15, 0.2) is 0 Å². The standard InChI is InChI=1S/C15H15ClFNS/c1-18-9-11-6-4-8-14(17)15(11)19-10-12-5-2-3-7-13(12)16/h2-8,18H,9-10H2,1H3. The first kappa shape index (κ1) is 14.4. The van der Waals surface area contributed by atoms with Gasteiger partial charge in [-0.2, -0.15) is 0 Å². The highest BCUT2D eigenvalue weighted by Crippen LogP contribution is 2.31. The molecule has 0 aliphatic rings. The van der Waals surface area contributed by atoms with Crippen LogP contribution in [0.1, 0.15) is 11.1 Å². The van der Waals surface area contributed by atoms with E-state index in [1.54, 1.807) is 6.07 Å². The molecule has 0 heterocycles. The Kier molecular flexibility index (Phi) is 5.25. The number of nitrogens with one attached hydrogen (secondary N) is 1. The van der Waals surface area contributed by atoms with Gasteiger partial charge in [0, 0.05) is 22.2 Å². The maximum atomic E-state index is 13.9. The van der Waals surface area contributed by atoms with Gasteiger partial charge in [-0.25, -0.2) is 4.39 Å². The average molecular weight is 296 g/mol. The maximum absolute atomic E-state index is 13.9. The number of benzene rings is 2. The maximum Gasteiger partial charge on any atom is 0.137 e. The highest BCUT2D eigenvalue weighted by molar-refractivity contribution is 7.98. The molecule has 0 aliphatic heterocycles. The van der Waals surface area contributed by atoms with Crippen molar-refractivity contribution in [2.45, 2.75) is 17.2 Å². The molecule has 0 saturated carbocycles. The van der Waals surface area contributed by atoms with Gasteiger partial charge in [-0.1, -0.05) is 41.9 Å². The predicted octanol–water partition coefficient (Wildman–Crippen LogP) is 4.49. The fourth-order valence-electron chi connectivity index (χ4n) is 1.81. The Balaban J connectivity index is 2.17. The van der Waals surface area contributed by atoms with E-state index < -0.39 is 0 Å². The minimum Gasteiger partial charge on any atom is -0.316 e. The summed E-state index contributed by atoms with van der Waals surface area (Å²) in [6, 6.07) is 12.8. The second-order valence-corrected chi connectivity index (χ2v) is 5.53. The summed E-state index contributed by atoms with van der Waals surface area (Å²) in [7, 11) is 1.85. The third-order valence-electron chi connectivity index (χ3n) is 2.75. The van der Waals surface area contributed by atoms with Gasteiger partial charge in [0.1, 0.15) is 5.82 Å². The summed E-state index contributed by atoms with van der Waals surface area (Å²) in [5, 5.41) is 3.78. The highest BCUT2D eigenvalue weighted by Gasteiger charge is 2.09. The van der Waals surface area contributed by atoms with E-state index in [4.69, 9.17) is 11.6 Å². The Morgan fingerprint density at radius 3 is 2.58 bits per heavy atom. The monoisotopic (exact) mass is 295 g/mol. The van der Waals surface area contributed by atoms with Crippen molar-refractivity contribution in [1.29, 1.82) is 0 Å². The molecule has 4 heteroatoms. The van der Waals surface area contributed by atoms with Crippen LogP contribution in [0.25, 0.3) is 0 Å². The van der Waals surface area contributed by atoms with Crippen molar-refractivity contribution in [2.75, 3.05) is 7.05 Å². The Hall–Kier alpha value is -1.03. The summed E-state index contributed by atoms with van der Waals surface area (Å²) in [5.74, 6) is 0.488. The normalized spacial score (nSPS) is 10.7. The fourth-order valence-corrected chi connectivity index (χ4v) is 3.18. The zero-order valence-corrected chi connectivity index (χ0v) is 12.2. The summed E-state index contributed by atoms with van der Waals surface area (Å²) in [4.78, 5) is 0.691. The molecule has 0 amide bonds. The molecule has 0 saturated heterocycles. The van der Waals surface area contributed by atoms with Crippen molar-refractivity contribution in [2.24, 2.45) is 0 Å². The largest absolute Gasteiger partial charge is 0.316 e. The van der Waals surface area contributed by atoms with Crippen molar-refractivity contribution >= 4 is 23.4 Å². The molecule has 1 nitrogen and oxygen atoms in total. The quantitative estimate of drug-likeness (QED) is 0.816. The molecule has 0 aromatic heterocycles. The topological polar surface area (TPSA) is 12.0 Å². The Bertz CT molecular complexity index is 560. The minimum absolute atomic E-state index is 0.176. The molecule has 2 aromatic carbocycles. The molecule has 0 atom stereocenters. The van der Waals surface area contributed by atoms with Gasteiger partial charge < -0.3 is 5.32 Å². The van der Waals surface area contributed by atoms with Crippen LogP contribution in [-0.4, -0.2) is 7.05 Å². The van der Waals surface area contributed by atoms with Crippen molar-refractivity contribution in [3.63, 3.8) is 0 Å². The van der Waals surface area contributed by atoms with Crippen LogP contribution in [0.15, 0.2) is 47.4 Å². The van der Waals surface area contributed by atoms with E-state index in [0.29, 0.717) is 17.2 Å². The zero-order valence-electron chi connectivity index (χ0n) is 10.6. The first-order valence-corrected chi connectivity index (χ1v) is 7.37. The first-order valence-electron chi connectivity index (χ1n) is 6.00. The van der Waals surface area contributed by atoms with Gasteiger partial charge in [-0.05, 0) is 30.3 Å². The van der Waals surface area contributed by atoms with Crippen LogP contribution >= 0.6 is 23.4 Å². The number of halogens is 2. The van der Waals surface area contributed by atoms with Gasteiger partial charge in [0.25, 0.3) is 0 Å². The average Bonchev–Trinajstić information content (AvgIpc) is 2.40. The fraction of sp³-hybridized carbons (Fsp3) is 0.200. The molecular weight excluding hydrogens is 281 g/mol. The molecule has 0 bridgehead atoms. The third-order valence-corrected chi connectivity index (χ3v) is 4.32. The van der Waals surface area contributed by atoms with Crippen molar-refractivity contribution in [3.8, 4) is 0 Å². The van der Waals surface area contributed by atoms with Crippen LogP contribution in [0.4, 0.5) is 4.39 Å². The number of thioether (sulfide) groups is 1. The smallest absolute Gasteiger partial charge is 0.137 e. The first-order chi connectivity index (χ1) is 9.22. The van der Waals surface area contributed by atoms with Gasteiger partial charge in [-0.15, -0.1) is 11.8 Å². The summed E-state index contributed by atoms with van der Waals surface area (Å²) in [6.07, 6.45) is 0. The van der Waals surface area contributed by atoms with Crippen LogP contribution in [-0.2, 0) is 12.3 Å². The predicted molar refractivity (Wildman–Crippen MR) is 80.2 cm³/mol. The van der Waals surface area contributed by atoms with E-state index in [0.717, 1.165) is 16.1 Å². The van der Waals surface area contributed by atoms with Crippen molar-refractivity contribution < 1.29 is 4.39 Å². The molecule has 0 spiro atoms. The van der Waals surface area contributed by atoms with Gasteiger partial charge in [0.05, 0.1) is 0 Å². The molecule has 2 rings (SSSR count). The molecule has 1 N–H and O–H groups in total. The van der Waals surface area contributed by atoms with Crippen LogP contribution in [0, 0.1) is 5.82 Å².